The van der Waals surface area contributed by atoms with Gasteiger partial charge in [0.15, 0.2) is 0 Å². The molecule has 3 aromatic rings. The van der Waals surface area contributed by atoms with Gasteiger partial charge in [0, 0.05) is 16.9 Å². The first-order chi connectivity index (χ1) is 16.0. The number of carbonyl (C=O) groups is 2. The van der Waals surface area contributed by atoms with Gasteiger partial charge in [-0.15, -0.1) is 0 Å². The van der Waals surface area contributed by atoms with E-state index in [0.29, 0.717) is 5.56 Å². The fourth-order valence-corrected chi connectivity index (χ4v) is 4.32. The van der Waals surface area contributed by atoms with Crippen LogP contribution in [0.1, 0.15) is 58.4 Å². The highest BCUT2D eigenvalue weighted by molar-refractivity contribution is 6.05. The molecule has 0 bridgehead atoms. The number of fused-ring (bicyclic) bond motifs is 1. The van der Waals surface area contributed by atoms with Crippen LogP contribution in [0.4, 0.5) is 11.4 Å². The molecule has 0 aromatic heterocycles. The highest BCUT2D eigenvalue weighted by atomic mass is 16.2. The lowest BCUT2D eigenvalue weighted by Gasteiger charge is -2.20. The lowest BCUT2D eigenvalue weighted by molar-refractivity contribution is -0.120. The molecule has 2 amide bonds. The fourth-order valence-electron chi connectivity index (χ4n) is 4.32. The van der Waals surface area contributed by atoms with E-state index in [-0.39, 0.29) is 24.4 Å². The number of amides is 2. The van der Waals surface area contributed by atoms with Crippen molar-refractivity contribution >= 4 is 23.2 Å². The highest BCUT2D eigenvalue weighted by Gasteiger charge is 2.15. The molecule has 5 heteroatoms. The summed E-state index contributed by atoms with van der Waals surface area (Å²) in [7, 11) is 0. The average Bonchev–Trinajstić information content (AvgIpc) is 2.84. The van der Waals surface area contributed by atoms with E-state index in [1.54, 1.807) is 12.1 Å². The van der Waals surface area contributed by atoms with Crippen molar-refractivity contribution in [1.29, 1.82) is 0 Å². The van der Waals surface area contributed by atoms with Crippen molar-refractivity contribution in [2.24, 2.45) is 0 Å². The van der Waals surface area contributed by atoms with E-state index in [0.717, 1.165) is 35.3 Å². The molecule has 0 spiro atoms. The van der Waals surface area contributed by atoms with Crippen molar-refractivity contribution in [2.75, 3.05) is 17.2 Å². The first-order valence-corrected chi connectivity index (χ1v) is 11.6. The summed E-state index contributed by atoms with van der Waals surface area (Å²) in [6, 6.07) is 21.3. The van der Waals surface area contributed by atoms with Gasteiger partial charge < -0.3 is 16.0 Å². The molecule has 0 fully saturated rings. The van der Waals surface area contributed by atoms with Crippen LogP contribution in [0.2, 0.25) is 0 Å². The minimum absolute atomic E-state index is 0.0517. The van der Waals surface area contributed by atoms with Crippen LogP contribution in [-0.4, -0.2) is 18.4 Å². The molecular formula is C28H31N3O2. The number of carbonyl (C=O) groups excluding carboxylic acids is 2. The first-order valence-electron chi connectivity index (χ1n) is 11.6. The van der Waals surface area contributed by atoms with Crippen LogP contribution in [0.5, 0.6) is 0 Å². The number of anilines is 2. The lowest BCUT2D eigenvalue weighted by Crippen LogP contribution is -2.32. The van der Waals surface area contributed by atoms with Crippen molar-refractivity contribution < 1.29 is 9.59 Å². The smallest absolute Gasteiger partial charge is 0.255 e. The normalized spacial score (nSPS) is 13.5. The van der Waals surface area contributed by atoms with Crippen LogP contribution in [0, 0.1) is 6.92 Å². The Kier molecular flexibility index (Phi) is 7.08. The molecule has 1 atom stereocenters. The SMILES string of the molecule is Cc1c(NCC(=O)NC(C)c2ccc3c(c2)CCCC3)cccc1NC(=O)c1ccccc1. The third kappa shape index (κ3) is 5.61. The van der Waals surface area contributed by atoms with Gasteiger partial charge in [-0.3, -0.25) is 9.59 Å². The van der Waals surface area contributed by atoms with Gasteiger partial charge in [0.05, 0.1) is 12.6 Å². The van der Waals surface area contributed by atoms with E-state index in [2.05, 4.69) is 34.1 Å². The second-order valence-corrected chi connectivity index (χ2v) is 8.68. The van der Waals surface area contributed by atoms with Gasteiger partial charge >= 0.3 is 0 Å². The van der Waals surface area contributed by atoms with Crippen molar-refractivity contribution in [3.8, 4) is 0 Å². The van der Waals surface area contributed by atoms with Gasteiger partial charge in [-0.2, -0.15) is 0 Å². The first kappa shape index (κ1) is 22.6. The van der Waals surface area contributed by atoms with E-state index in [1.165, 1.54) is 24.0 Å². The quantitative estimate of drug-likeness (QED) is 0.459. The molecule has 4 rings (SSSR count). The molecule has 33 heavy (non-hydrogen) atoms. The molecule has 1 aliphatic rings. The number of benzene rings is 3. The zero-order valence-electron chi connectivity index (χ0n) is 19.3. The average molecular weight is 442 g/mol. The minimum atomic E-state index is -0.160. The second-order valence-electron chi connectivity index (χ2n) is 8.68. The van der Waals surface area contributed by atoms with Crippen molar-refractivity contribution in [3.05, 3.63) is 94.5 Å². The molecule has 1 aliphatic carbocycles. The van der Waals surface area contributed by atoms with E-state index in [9.17, 15) is 9.59 Å². The summed E-state index contributed by atoms with van der Waals surface area (Å²) in [5.41, 5.74) is 7.03. The van der Waals surface area contributed by atoms with Gasteiger partial charge in [-0.05, 0) is 86.1 Å². The van der Waals surface area contributed by atoms with E-state index in [4.69, 9.17) is 0 Å². The Morgan fingerprint density at radius 1 is 0.879 bits per heavy atom. The zero-order valence-corrected chi connectivity index (χ0v) is 19.3. The van der Waals surface area contributed by atoms with Crippen molar-refractivity contribution in [1.82, 2.24) is 5.32 Å². The molecular weight excluding hydrogens is 410 g/mol. The Labute approximate surface area is 195 Å². The van der Waals surface area contributed by atoms with Crippen LogP contribution in [0.15, 0.2) is 66.7 Å². The lowest BCUT2D eigenvalue weighted by atomic mass is 9.89. The molecule has 0 saturated heterocycles. The molecule has 3 N–H and O–H groups in total. The molecule has 170 valence electrons. The van der Waals surface area contributed by atoms with E-state index in [1.807, 2.05) is 50.2 Å². The van der Waals surface area contributed by atoms with Gasteiger partial charge in [0.25, 0.3) is 5.91 Å². The minimum Gasteiger partial charge on any atom is -0.376 e. The predicted molar refractivity (Wildman–Crippen MR) is 134 cm³/mol. The molecule has 0 saturated carbocycles. The fraction of sp³-hybridized carbons (Fsp3) is 0.286. The number of rotatable bonds is 7. The predicted octanol–water partition coefficient (Wildman–Crippen LogP) is 5.42. The van der Waals surface area contributed by atoms with Crippen LogP contribution in [-0.2, 0) is 17.6 Å². The highest BCUT2D eigenvalue weighted by Crippen LogP contribution is 2.25. The second kappa shape index (κ2) is 10.3. The maximum absolute atomic E-state index is 12.6. The largest absolute Gasteiger partial charge is 0.376 e. The number of aryl methyl sites for hydroxylation is 2. The summed E-state index contributed by atoms with van der Waals surface area (Å²) in [6.45, 7) is 4.11. The molecule has 3 aromatic carbocycles. The van der Waals surface area contributed by atoms with E-state index < -0.39 is 0 Å². The summed E-state index contributed by atoms with van der Waals surface area (Å²) < 4.78 is 0. The summed E-state index contributed by atoms with van der Waals surface area (Å²) >= 11 is 0. The zero-order chi connectivity index (χ0) is 23.2. The van der Waals surface area contributed by atoms with Crippen molar-refractivity contribution in [2.45, 2.75) is 45.6 Å². The Hall–Kier alpha value is -3.60. The van der Waals surface area contributed by atoms with Crippen LogP contribution < -0.4 is 16.0 Å². The van der Waals surface area contributed by atoms with Crippen molar-refractivity contribution in [3.63, 3.8) is 0 Å². The summed E-state index contributed by atoms with van der Waals surface area (Å²) in [4.78, 5) is 25.1. The molecule has 1 unspecified atom stereocenters. The van der Waals surface area contributed by atoms with Gasteiger partial charge in [-0.1, -0.05) is 42.5 Å². The van der Waals surface area contributed by atoms with Gasteiger partial charge in [-0.25, -0.2) is 0 Å². The van der Waals surface area contributed by atoms with Gasteiger partial charge in [0.2, 0.25) is 5.91 Å². The third-order valence-corrected chi connectivity index (χ3v) is 6.31. The molecule has 0 aliphatic heterocycles. The molecule has 0 radical (unpaired) electrons. The monoisotopic (exact) mass is 441 g/mol. The standard InChI is InChI=1S/C28H31N3O2/c1-19-25(13-8-14-26(19)31-28(33)22-10-4-3-5-11-22)29-18-27(32)30-20(2)23-16-15-21-9-6-7-12-24(21)17-23/h3-5,8,10-11,13-17,20,29H,6-7,9,12,18H2,1-2H3,(H,30,32)(H,31,33). The Morgan fingerprint density at radius 3 is 2.39 bits per heavy atom. The number of hydrogen-bond acceptors (Lipinski definition) is 3. The Balaban J connectivity index is 1.34. The summed E-state index contributed by atoms with van der Waals surface area (Å²) in [6.07, 6.45) is 4.79. The summed E-state index contributed by atoms with van der Waals surface area (Å²) in [5.74, 6) is -0.231. The third-order valence-electron chi connectivity index (χ3n) is 6.31. The molecule has 0 heterocycles. The maximum Gasteiger partial charge on any atom is 0.255 e. The Morgan fingerprint density at radius 2 is 1.61 bits per heavy atom. The molecule has 5 nitrogen and oxygen atoms in total. The van der Waals surface area contributed by atoms with E-state index >= 15 is 0 Å². The van der Waals surface area contributed by atoms with Crippen LogP contribution >= 0.6 is 0 Å². The topological polar surface area (TPSA) is 70.2 Å². The number of nitrogens with one attached hydrogen (secondary N) is 3. The summed E-state index contributed by atoms with van der Waals surface area (Å²) in [5, 5.41) is 9.25. The maximum atomic E-state index is 12.6. The Bertz CT molecular complexity index is 1140. The van der Waals surface area contributed by atoms with Crippen LogP contribution in [0.25, 0.3) is 0 Å². The van der Waals surface area contributed by atoms with Crippen LogP contribution in [0.3, 0.4) is 0 Å². The number of hydrogen-bond donors (Lipinski definition) is 3. The van der Waals surface area contributed by atoms with Gasteiger partial charge in [0.1, 0.15) is 0 Å².